The summed E-state index contributed by atoms with van der Waals surface area (Å²) in [6.45, 7) is 5.15. The third-order valence-electron chi connectivity index (χ3n) is 3.26. The summed E-state index contributed by atoms with van der Waals surface area (Å²) in [5, 5.41) is 14.9. The number of carboxylic acid groups (broad SMARTS) is 1. The molecule has 0 saturated heterocycles. The fourth-order valence-corrected chi connectivity index (χ4v) is 2.07. The molecule has 2 rings (SSSR count). The molecule has 6 heteroatoms. The summed E-state index contributed by atoms with van der Waals surface area (Å²) in [5.41, 5.74) is 4.50. The highest BCUT2D eigenvalue weighted by Gasteiger charge is 2.05. The highest BCUT2D eigenvalue weighted by molar-refractivity contribution is 5.86. The first-order valence-corrected chi connectivity index (χ1v) is 8.14. The lowest BCUT2D eigenvalue weighted by Gasteiger charge is -2.11. The molecule has 0 aliphatic heterocycles. The first-order valence-electron chi connectivity index (χ1n) is 8.14. The molecule has 25 heavy (non-hydrogen) atoms. The average molecular weight is 341 g/mol. The molecule has 0 bridgehead atoms. The number of carboxylic acids is 1. The molecular weight excluding hydrogens is 320 g/mol. The number of hydrogen-bond acceptors (Lipinski definition) is 6. The fraction of sp³-hybridized carbons (Fsp3) is 0.263. The molecule has 0 spiro atoms. The van der Waals surface area contributed by atoms with Gasteiger partial charge in [0.15, 0.2) is 11.5 Å². The minimum absolute atomic E-state index is 0.124. The van der Waals surface area contributed by atoms with Crippen molar-refractivity contribution in [2.75, 3.05) is 18.6 Å². The van der Waals surface area contributed by atoms with Crippen molar-refractivity contribution in [2.45, 2.75) is 20.3 Å². The van der Waals surface area contributed by atoms with Crippen LogP contribution in [0.15, 0.2) is 47.6 Å². The minimum atomic E-state index is -1.20. The zero-order chi connectivity index (χ0) is 18.1. The third-order valence-corrected chi connectivity index (χ3v) is 3.26. The molecule has 0 aliphatic rings. The van der Waals surface area contributed by atoms with E-state index in [1.807, 2.05) is 32.0 Å². The predicted molar refractivity (Wildman–Crippen MR) is 95.4 cm³/mol. The maximum absolute atomic E-state index is 10.7. The molecule has 0 aliphatic carbocycles. The molecule has 0 saturated carbocycles. The number of benzene rings is 2. The largest absolute Gasteiger partial charge is 0.545 e. The van der Waals surface area contributed by atoms with E-state index in [1.54, 1.807) is 18.3 Å². The molecule has 0 unspecified atom stereocenters. The smallest absolute Gasteiger partial charge is 0.161 e. The van der Waals surface area contributed by atoms with Gasteiger partial charge in [0.2, 0.25) is 0 Å². The summed E-state index contributed by atoms with van der Waals surface area (Å²) < 4.78 is 11.3. The summed E-state index contributed by atoms with van der Waals surface area (Å²) in [7, 11) is 0. The lowest BCUT2D eigenvalue weighted by Crippen LogP contribution is -2.21. The number of anilines is 1. The molecule has 0 amide bonds. The molecule has 1 N–H and O–H groups in total. The molecule has 0 radical (unpaired) electrons. The van der Waals surface area contributed by atoms with Crippen LogP contribution in [-0.4, -0.2) is 25.4 Å². The van der Waals surface area contributed by atoms with Crippen LogP contribution in [-0.2, 0) is 0 Å². The second-order valence-corrected chi connectivity index (χ2v) is 5.22. The van der Waals surface area contributed by atoms with Crippen LogP contribution in [0.5, 0.6) is 11.5 Å². The summed E-state index contributed by atoms with van der Waals surface area (Å²) in [4.78, 5) is 10.7. The van der Waals surface area contributed by atoms with E-state index in [-0.39, 0.29) is 5.56 Å². The number of nitrogens with one attached hydrogen (secondary N) is 1. The Morgan fingerprint density at radius 2 is 1.88 bits per heavy atom. The first kappa shape index (κ1) is 18.3. The van der Waals surface area contributed by atoms with Gasteiger partial charge in [0.25, 0.3) is 0 Å². The van der Waals surface area contributed by atoms with Crippen LogP contribution in [0.3, 0.4) is 0 Å². The van der Waals surface area contributed by atoms with Crippen LogP contribution >= 0.6 is 0 Å². The van der Waals surface area contributed by atoms with E-state index in [0.29, 0.717) is 30.4 Å². The molecule has 2 aromatic carbocycles. The van der Waals surface area contributed by atoms with Crippen molar-refractivity contribution < 1.29 is 19.4 Å². The number of nitrogens with zero attached hydrogens (tertiary/aromatic N) is 1. The van der Waals surface area contributed by atoms with Gasteiger partial charge in [-0.15, -0.1) is 0 Å². The Hall–Kier alpha value is -3.02. The van der Waals surface area contributed by atoms with Crippen molar-refractivity contribution in [3.8, 4) is 11.5 Å². The fourth-order valence-electron chi connectivity index (χ4n) is 2.07. The van der Waals surface area contributed by atoms with Crippen LogP contribution in [0.25, 0.3) is 0 Å². The van der Waals surface area contributed by atoms with Gasteiger partial charge in [0, 0.05) is 0 Å². The third kappa shape index (κ3) is 5.53. The first-order chi connectivity index (χ1) is 12.1. The van der Waals surface area contributed by atoms with Crippen LogP contribution < -0.4 is 20.0 Å². The van der Waals surface area contributed by atoms with Gasteiger partial charge < -0.3 is 19.4 Å². The Labute approximate surface area is 147 Å². The van der Waals surface area contributed by atoms with Gasteiger partial charge in [0.05, 0.1) is 31.1 Å². The molecule has 132 valence electrons. The number of hydrogen-bond donors (Lipinski definition) is 1. The number of hydrazone groups is 1. The van der Waals surface area contributed by atoms with Gasteiger partial charge in [-0.25, -0.2) is 0 Å². The SMILES string of the molecule is CCCOc1ccc(/C=N\Nc2ccc(C(=O)[O-])cc2)cc1OCC. The van der Waals surface area contributed by atoms with E-state index in [0.717, 1.165) is 12.0 Å². The van der Waals surface area contributed by atoms with Crippen molar-refractivity contribution in [1.29, 1.82) is 0 Å². The van der Waals surface area contributed by atoms with Crippen molar-refractivity contribution in [2.24, 2.45) is 5.10 Å². The van der Waals surface area contributed by atoms with E-state index < -0.39 is 5.97 Å². The second-order valence-electron chi connectivity index (χ2n) is 5.22. The normalized spacial score (nSPS) is 10.6. The van der Waals surface area contributed by atoms with E-state index >= 15 is 0 Å². The molecule has 0 heterocycles. The number of ether oxygens (including phenoxy) is 2. The summed E-state index contributed by atoms with van der Waals surface area (Å²) >= 11 is 0. The maximum Gasteiger partial charge on any atom is 0.161 e. The Kier molecular flexibility index (Phi) is 6.83. The summed E-state index contributed by atoms with van der Waals surface area (Å²) in [6.07, 6.45) is 2.58. The van der Waals surface area contributed by atoms with Crippen molar-refractivity contribution in [3.63, 3.8) is 0 Å². The molecule has 6 nitrogen and oxygen atoms in total. The van der Waals surface area contributed by atoms with Crippen molar-refractivity contribution in [1.82, 2.24) is 0 Å². The highest BCUT2D eigenvalue weighted by Crippen LogP contribution is 2.28. The lowest BCUT2D eigenvalue weighted by molar-refractivity contribution is -0.255. The summed E-state index contributed by atoms with van der Waals surface area (Å²) in [6, 6.07) is 11.8. The van der Waals surface area contributed by atoms with Crippen molar-refractivity contribution >= 4 is 17.9 Å². The standard InChI is InChI=1S/C19H22N2O4/c1-3-11-25-17-10-5-14(12-18(17)24-4-2)13-20-21-16-8-6-15(7-9-16)19(22)23/h5-10,12-13,21H,3-4,11H2,1-2H3,(H,22,23)/p-1/b20-13-. The Balaban J connectivity index is 2.04. The van der Waals surface area contributed by atoms with Gasteiger partial charge in [-0.2, -0.15) is 5.10 Å². The Morgan fingerprint density at radius 1 is 1.12 bits per heavy atom. The van der Waals surface area contributed by atoms with E-state index in [9.17, 15) is 9.90 Å². The average Bonchev–Trinajstić information content (AvgIpc) is 2.62. The zero-order valence-electron chi connectivity index (χ0n) is 14.3. The molecule has 0 aromatic heterocycles. The monoisotopic (exact) mass is 341 g/mol. The highest BCUT2D eigenvalue weighted by atomic mass is 16.5. The van der Waals surface area contributed by atoms with E-state index in [4.69, 9.17) is 9.47 Å². The van der Waals surface area contributed by atoms with Gasteiger partial charge in [-0.3, -0.25) is 5.43 Å². The van der Waals surface area contributed by atoms with Crippen LogP contribution in [0.2, 0.25) is 0 Å². The second kappa shape index (κ2) is 9.32. The van der Waals surface area contributed by atoms with Crippen LogP contribution in [0, 0.1) is 0 Å². The van der Waals surface area contributed by atoms with Gasteiger partial charge in [0.1, 0.15) is 0 Å². The van der Waals surface area contributed by atoms with Crippen molar-refractivity contribution in [3.05, 3.63) is 53.6 Å². The van der Waals surface area contributed by atoms with Gasteiger partial charge >= 0.3 is 0 Å². The Bertz CT molecular complexity index is 727. The molecule has 0 atom stereocenters. The maximum atomic E-state index is 10.7. The predicted octanol–water partition coefficient (Wildman–Crippen LogP) is 2.68. The molecular formula is C19H21N2O4-. The Morgan fingerprint density at radius 3 is 2.52 bits per heavy atom. The topological polar surface area (TPSA) is 83.0 Å². The summed E-state index contributed by atoms with van der Waals surface area (Å²) in [5.74, 6) is 0.189. The van der Waals surface area contributed by atoms with E-state index in [2.05, 4.69) is 10.5 Å². The van der Waals surface area contributed by atoms with E-state index in [1.165, 1.54) is 12.1 Å². The number of rotatable bonds is 9. The van der Waals surface area contributed by atoms with Crippen LogP contribution in [0.4, 0.5) is 5.69 Å². The molecule has 2 aromatic rings. The quantitative estimate of drug-likeness (QED) is 0.560. The molecule has 0 fully saturated rings. The van der Waals surface area contributed by atoms with Crippen LogP contribution in [0.1, 0.15) is 36.2 Å². The number of carbonyl (C=O) groups excluding carboxylic acids is 1. The zero-order valence-corrected chi connectivity index (χ0v) is 14.3. The van der Waals surface area contributed by atoms with Gasteiger partial charge in [-0.1, -0.05) is 19.1 Å². The minimum Gasteiger partial charge on any atom is -0.545 e. The lowest BCUT2D eigenvalue weighted by atomic mass is 10.2. The number of aromatic carboxylic acids is 1. The van der Waals surface area contributed by atoms with Gasteiger partial charge in [-0.05, 0) is 54.8 Å². The number of carbonyl (C=O) groups is 1.